The van der Waals surface area contributed by atoms with Gasteiger partial charge < -0.3 is 4.90 Å². The minimum Gasteiger partial charge on any atom is -0.339 e. The zero-order chi connectivity index (χ0) is 13.8. The van der Waals surface area contributed by atoms with Crippen molar-refractivity contribution in [3.8, 4) is 0 Å². The van der Waals surface area contributed by atoms with Crippen molar-refractivity contribution in [2.75, 3.05) is 12.8 Å². The molecule has 0 bridgehead atoms. The van der Waals surface area contributed by atoms with E-state index in [4.69, 9.17) is 0 Å². The van der Waals surface area contributed by atoms with Gasteiger partial charge in [-0.2, -0.15) is 11.8 Å². The Labute approximate surface area is 119 Å². The molecule has 0 radical (unpaired) electrons. The number of hydrogen-bond donors (Lipinski definition) is 0. The third kappa shape index (κ3) is 3.50. The molecule has 3 nitrogen and oxygen atoms in total. The number of amides is 1. The second-order valence-corrected chi connectivity index (χ2v) is 6.73. The molecule has 1 fully saturated rings. The Kier molecular flexibility index (Phi) is 4.86. The first-order valence-corrected chi connectivity index (χ1v) is 7.98. The SMILES string of the molecule is CCS[C@H]1CC[C@@H](N(C)C(=O)c2ccc(C)nc2)C1. The van der Waals surface area contributed by atoms with E-state index in [2.05, 4.69) is 11.9 Å². The molecule has 2 rings (SSSR count). The number of carbonyl (C=O) groups excluding carboxylic acids is 1. The molecule has 0 aliphatic heterocycles. The summed E-state index contributed by atoms with van der Waals surface area (Å²) in [6, 6.07) is 4.15. The van der Waals surface area contributed by atoms with Gasteiger partial charge in [0.05, 0.1) is 5.56 Å². The van der Waals surface area contributed by atoms with Crippen LogP contribution >= 0.6 is 11.8 Å². The predicted molar refractivity (Wildman–Crippen MR) is 80.6 cm³/mol. The van der Waals surface area contributed by atoms with Crippen molar-refractivity contribution < 1.29 is 4.79 Å². The van der Waals surface area contributed by atoms with Gasteiger partial charge in [-0.3, -0.25) is 9.78 Å². The molecule has 2 atom stereocenters. The van der Waals surface area contributed by atoms with Crippen LogP contribution in [0.2, 0.25) is 0 Å². The lowest BCUT2D eigenvalue weighted by atomic mass is 10.1. The molecule has 1 heterocycles. The molecule has 19 heavy (non-hydrogen) atoms. The molecule has 1 aliphatic rings. The highest BCUT2D eigenvalue weighted by molar-refractivity contribution is 7.99. The van der Waals surface area contributed by atoms with Crippen LogP contribution in [0.4, 0.5) is 0 Å². The van der Waals surface area contributed by atoms with Crippen LogP contribution in [0.5, 0.6) is 0 Å². The summed E-state index contributed by atoms with van der Waals surface area (Å²) in [5.74, 6) is 1.26. The standard InChI is InChI=1S/C15H22N2OS/c1-4-19-14-8-7-13(9-14)17(3)15(18)12-6-5-11(2)16-10-12/h5-6,10,13-14H,4,7-9H2,1-3H3/t13-,14+/m1/s1. The van der Waals surface area contributed by atoms with Gasteiger partial charge >= 0.3 is 0 Å². The van der Waals surface area contributed by atoms with Gasteiger partial charge in [-0.1, -0.05) is 6.92 Å². The summed E-state index contributed by atoms with van der Waals surface area (Å²) in [5, 5.41) is 0.724. The van der Waals surface area contributed by atoms with Crippen LogP contribution in [-0.4, -0.2) is 39.9 Å². The minimum absolute atomic E-state index is 0.0969. The number of rotatable bonds is 4. The number of aryl methyl sites for hydroxylation is 1. The van der Waals surface area contributed by atoms with E-state index >= 15 is 0 Å². The molecular weight excluding hydrogens is 256 g/mol. The molecule has 1 saturated carbocycles. The number of nitrogens with zero attached hydrogens (tertiary/aromatic N) is 2. The Morgan fingerprint density at radius 1 is 1.47 bits per heavy atom. The van der Waals surface area contributed by atoms with E-state index in [0.29, 0.717) is 11.6 Å². The zero-order valence-corrected chi connectivity index (χ0v) is 12.7. The van der Waals surface area contributed by atoms with Crippen molar-refractivity contribution in [1.82, 2.24) is 9.88 Å². The molecular formula is C15H22N2OS. The van der Waals surface area contributed by atoms with Crippen LogP contribution in [0.25, 0.3) is 0 Å². The van der Waals surface area contributed by atoms with E-state index in [1.165, 1.54) is 6.42 Å². The van der Waals surface area contributed by atoms with Crippen molar-refractivity contribution >= 4 is 17.7 Å². The van der Waals surface area contributed by atoms with Crippen molar-refractivity contribution in [2.24, 2.45) is 0 Å². The lowest BCUT2D eigenvalue weighted by Crippen LogP contribution is -2.35. The molecule has 0 saturated heterocycles. The Morgan fingerprint density at radius 2 is 2.26 bits per heavy atom. The fraction of sp³-hybridized carbons (Fsp3) is 0.600. The fourth-order valence-corrected chi connectivity index (χ4v) is 3.75. The lowest BCUT2D eigenvalue weighted by Gasteiger charge is -2.24. The van der Waals surface area contributed by atoms with Crippen LogP contribution in [0.1, 0.15) is 42.2 Å². The van der Waals surface area contributed by atoms with Crippen LogP contribution in [-0.2, 0) is 0 Å². The van der Waals surface area contributed by atoms with E-state index < -0.39 is 0 Å². The molecule has 104 valence electrons. The van der Waals surface area contributed by atoms with Crippen LogP contribution in [0, 0.1) is 6.92 Å². The monoisotopic (exact) mass is 278 g/mol. The first-order valence-electron chi connectivity index (χ1n) is 6.93. The topological polar surface area (TPSA) is 33.2 Å². The van der Waals surface area contributed by atoms with E-state index in [-0.39, 0.29) is 5.91 Å². The van der Waals surface area contributed by atoms with Gasteiger partial charge in [0.1, 0.15) is 0 Å². The normalized spacial score (nSPS) is 22.5. The van der Waals surface area contributed by atoms with E-state index in [0.717, 1.165) is 29.5 Å². The highest BCUT2D eigenvalue weighted by Crippen LogP contribution is 2.32. The molecule has 1 aromatic rings. The molecule has 1 amide bonds. The highest BCUT2D eigenvalue weighted by atomic mass is 32.2. The Bertz CT molecular complexity index is 432. The minimum atomic E-state index is 0.0969. The zero-order valence-electron chi connectivity index (χ0n) is 11.9. The van der Waals surface area contributed by atoms with Gasteiger partial charge in [0.15, 0.2) is 0 Å². The largest absolute Gasteiger partial charge is 0.339 e. The van der Waals surface area contributed by atoms with Gasteiger partial charge in [-0.15, -0.1) is 0 Å². The van der Waals surface area contributed by atoms with Crippen LogP contribution in [0.15, 0.2) is 18.3 Å². The fourth-order valence-electron chi connectivity index (χ4n) is 2.62. The smallest absolute Gasteiger partial charge is 0.255 e. The number of aromatic nitrogens is 1. The van der Waals surface area contributed by atoms with Gasteiger partial charge in [0.2, 0.25) is 0 Å². The lowest BCUT2D eigenvalue weighted by molar-refractivity contribution is 0.0735. The van der Waals surface area contributed by atoms with Gasteiger partial charge in [-0.25, -0.2) is 0 Å². The maximum atomic E-state index is 12.4. The van der Waals surface area contributed by atoms with E-state index in [9.17, 15) is 4.79 Å². The number of carbonyl (C=O) groups is 1. The van der Waals surface area contributed by atoms with E-state index in [1.807, 2.05) is 42.8 Å². The summed E-state index contributed by atoms with van der Waals surface area (Å²) in [7, 11) is 1.92. The molecule has 0 N–H and O–H groups in total. The van der Waals surface area contributed by atoms with E-state index in [1.54, 1.807) is 6.20 Å². The predicted octanol–water partition coefficient (Wildman–Crippen LogP) is 3.14. The maximum Gasteiger partial charge on any atom is 0.255 e. The summed E-state index contributed by atoms with van der Waals surface area (Å²) < 4.78 is 0. The third-order valence-electron chi connectivity index (χ3n) is 3.79. The average Bonchev–Trinajstić information content (AvgIpc) is 2.87. The molecule has 1 aliphatic carbocycles. The van der Waals surface area contributed by atoms with Crippen molar-refractivity contribution in [3.63, 3.8) is 0 Å². The first kappa shape index (κ1) is 14.4. The molecule has 0 unspecified atom stereocenters. The summed E-state index contributed by atoms with van der Waals surface area (Å²) in [4.78, 5) is 18.5. The van der Waals surface area contributed by atoms with Crippen molar-refractivity contribution in [1.29, 1.82) is 0 Å². The molecule has 0 aromatic carbocycles. The second kappa shape index (κ2) is 6.42. The van der Waals surface area contributed by atoms with Crippen LogP contribution in [0.3, 0.4) is 0 Å². The number of thioether (sulfide) groups is 1. The highest BCUT2D eigenvalue weighted by Gasteiger charge is 2.30. The third-order valence-corrected chi connectivity index (χ3v) is 5.02. The quantitative estimate of drug-likeness (QED) is 0.848. The van der Waals surface area contributed by atoms with Gasteiger partial charge in [-0.05, 0) is 44.1 Å². The summed E-state index contributed by atoms with van der Waals surface area (Å²) in [6.07, 6.45) is 5.16. The average molecular weight is 278 g/mol. The molecule has 0 spiro atoms. The molecule has 1 aromatic heterocycles. The maximum absolute atomic E-state index is 12.4. The second-order valence-electron chi connectivity index (χ2n) is 5.15. The number of hydrogen-bond acceptors (Lipinski definition) is 3. The Hall–Kier alpha value is -1.03. The van der Waals surface area contributed by atoms with Crippen LogP contribution < -0.4 is 0 Å². The van der Waals surface area contributed by atoms with Crippen molar-refractivity contribution in [3.05, 3.63) is 29.6 Å². The van der Waals surface area contributed by atoms with Gasteiger partial charge in [0, 0.05) is 30.2 Å². The number of pyridine rings is 1. The van der Waals surface area contributed by atoms with Crippen molar-refractivity contribution in [2.45, 2.75) is 44.4 Å². The summed E-state index contributed by atoms with van der Waals surface area (Å²) >= 11 is 2.02. The Balaban J connectivity index is 1.98. The summed E-state index contributed by atoms with van der Waals surface area (Å²) in [5.41, 5.74) is 1.64. The Morgan fingerprint density at radius 3 is 2.89 bits per heavy atom. The van der Waals surface area contributed by atoms with Gasteiger partial charge in [0.25, 0.3) is 5.91 Å². The summed E-state index contributed by atoms with van der Waals surface area (Å²) in [6.45, 7) is 4.13. The first-order chi connectivity index (χ1) is 9.11. The molecule has 4 heteroatoms.